The number of aliphatic hydroxyl groups is 1. The Hall–Kier alpha value is -1.96. The summed E-state index contributed by atoms with van der Waals surface area (Å²) in [5, 5.41) is 27.6. The molecule has 1 aromatic heterocycles. The summed E-state index contributed by atoms with van der Waals surface area (Å²) in [4.78, 5) is 22.5. The van der Waals surface area contributed by atoms with E-state index >= 15 is 0 Å². The van der Waals surface area contributed by atoms with Gasteiger partial charge in [-0.15, -0.1) is 0 Å². The first-order chi connectivity index (χ1) is 10.3. The number of nitrogens with zero attached hydrogens (tertiary/aromatic N) is 1. The maximum absolute atomic E-state index is 12.2. The lowest BCUT2D eigenvalue weighted by Gasteiger charge is -2.22. The van der Waals surface area contributed by atoms with Crippen LogP contribution in [-0.4, -0.2) is 22.5 Å². The fraction of sp³-hybridized carbons (Fsp3) is 0.214. The van der Waals surface area contributed by atoms with E-state index < -0.39 is 16.4 Å². The molecule has 0 fully saturated rings. The lowest BCUT2D eigenvalue weighted by Crippen LogP contribution is -2.38. The Kier molecular flexibility index (Phi) is 4.80. The number of benzene rings is 1. The molecule has 8 heteroatoms. The molecule has 0 spiro atoms. The number of nitro benzene ring substituents is 1. The van der Waals surface area contributed by atoms with Gasteiger partial charge in [0.25, 0.3) is 11.6 Å². The van der Waals surface area contributed by atoms with Crippen LogP contribution in [0.2, 0.25) is 5.02 Å². The third-order valence-electron chi connectivity index (χ3n) is 3.14. The first-order valence-electron chi connectivity index (χ1n) is 6.28. The largest absolute Gasteiger partial charge is 0.384 e. The molecule has 2 N–H and O–H groups in total. The molecule has 0 saturated heterocycles. The minimum absolute atomic E-state index is 0.0771. The fourth-order valence-corrected chi connectivity index (χ4v) is 2.82. The lowest BCUT2D eigenvalue weighted by atomic mass is 9.99. The highest BCUT2D eigenvalue weighted by Gasteiger charge is 2.26. The number of carbonyl (C=O) groups excluding carboxylic acids is 1. The SMILES string of the molecule is C[C@@](O)(CNC(=O)c1cc(Cl)ccc1[N+](=O)[O-])c1ccsc1. The number of thiophene rings is 1. The smallest absolute Gasteiger partial charge is 0.282 e. The van der Waals surface area contributed by atoms with Gasteiger partial charge in [-0.3, -0.25) is 14.9 Å². The van der Waals surface area contributed by atoms with Crippen LogP contribution < -0.4 is 5.32 Å². The first-order valence-corrected chi connectivity index (χ1v) is 7.60. The van der Waals surface area contributed by atoms with Crippen molar-refractivity contribution in [3.05, 3.63) is 61.3 Å². The van der Waals surface area contributed by atoms with Crippen LogP contribution >= 0.6 is 22.9 Å². The number of nitro groups is 1. The van der Waals surface area contributed by atoms with Crippen LogP contribution in [0, 0.1) is 10.1 Å². The van der Waals surface area contributed by atoms with Crippen LogP contribution in [0.15, 0.2) is 35.0 Å². The topological polar surface area (TPSA) is 92.5 Å². The summed E-state index contributed by atoms with van der Waals surface area (Å²) < 4.78 is 0. The molecule has 0 aliphatic heterocycles. The Bertz CT molecular complexity index is 701. The van der Waals surface area contributed by atoms with Gasteiger partial charge in [-0.2, -0.15) is 11.3 Å². The van der Waals surface area contributed by atoms with Crippen molar-refractivity contribution >= 4 is 34.5 Å². The van der Waals surface area contributed by atoms with Gasteiger partial charge in [0.2, 0.25) is 0 Å². The zero-order chi connectivity index (χ0) is 16.3. The fourth-order valence-electron chi connectivity index (χ4n) is 1.87. The Morgan fingerprint density at radius 2 is 2.23 bits per heavy atom. The molecule has 1 atom stereocenters. The molecule has 22 heavy (non-hydrogen) atoms. The summed E-state index contributed by atoms with van der Waals surface area (Å²) in [7, 11) is 0. The van der Waals surface area contributed by atoms with E-state index in [1.165, 1.54) is 29.5 Å². The molecule has 0 radical (unpaired) electrons. The van der Waals surface area contributed by atoms with Gasteiger partial charge < -0.3 is 10.4 Å². The van der Waals surface area contributed by atoms with Crippen LogP contribution in [-0.2, 0) is 5.60 Å². The average molecular weight is 341 g/mol. The molecule has 6 nitrogen and oxygen atoms in total. The molecular formula is C14H13ClN2O4S. The zero-order valence-corrected chi connectivity index (χ0v) is 13.1. The van der Waals surface area contributed by atoms with E-state index in [0.717, 1.165) is 0 Å². The van der Waals surface area contributed by atoms with Crippen molar-refractivity contribution in [1.82, 2.24) is 5.32 Å². The third-order valence-corrected chi connectivity index (χ3v) is 4.05. The summed E-state index contributed by atoms with van der Waals surface area (Å²) in [5.74, 6) is -0.662. The second-order valence-electron chi connectivity index (χ2n) is 4.89. The second-order valence-corrected chi connectivity index (χ2v) is 6.10. The van der Waals surface area contributed by atoms with Crippen LogP contribution in [0.5, 0.6) is 0 Å². The predicted octanol–water partition coefficient (Wildman–Crippen LogP) is 2.95. The Morgan fingerprint density at radius 1 is 1.50 bits per heavy atom. The molecule has 0 saturated carbocycles. The summed E-state index contributed by atoms with van der Waals surface area (Å²) in [6.07, 6.45) is 0. The van der Waals surface area contributed by atoms with Crippen molar-refractivity contribution in [3.8, 4) is 0 Å². The van der Waals surface area contributed by atoms with Crippen molar-refractivity contribution in [2.45, 2.75) is 12.5 Å². The molecule has 2 rings (SSSR count). The highest BCUT2D eigenvalue weighted by Crippen LogP contribution is 2.24. The predicted molar refractivity (Wildman–Crippen MR) is 84.3 cm³/mol. The second kappa shape index (κ2) is 6.43. The monoisotopic (exact) mass is 340 g/mol. The van der Waals surface area contributed by atoms with Crippen molar-refractivity contribution in [1.29, 1.82) is 0 Å². The number of carbonyl (C=O) groups is 1. The normalized spacial score (nSPS) is 13.4. The molecule has 0 unspecified atom stereocenters. The van der Waals surface area contributed by atoms with Gasteiger partial charge in [0.1, 0.15) is 11.2 Å². The Labute approximate surface area is 135 Å². The number of amides is 1. The van der Waals surface area contributed by atoms with Crippen LogP contribution in [0.3, 0.4) is 0 Å². The number of nitrogens with one attached hydrogen (secondary N) is 1. The van der Waals surface area contributed by atoms with Crippen LogP contribution in [0.4, 0.5) is 5.69 Å². The molecule has 2 aromatic rings. The average Bonchev–Trinajstić information content (AvgIpc) is 2.99. The van der Waals surface area contributed by atoms with Gasteiger partial charge in [-0.1, -0.05) is 11.6 Å². The number of hydrogen-bond acceptors (Lipinski definition) is 5. The van der Waals surface area contributed by atoms with Gasteiger partial charge in [0.05, 0.1) is 11.5 Å². The molecule has 1 heterocycles. The number of halogens is 1. The van der Waals surface area contributed by atoms with Crippen LogP contribution in [0.1, 0.15) is 22.8 Å². The zero-order valence-electron chi connectivity index (χ0n) is 11.6. The lowest BCUT2D eigenvalue weighted by molar-refractivity contribution is -0.385. The highest BCUT2D eigenvalue weighted by atomic mass is 35.5. The van der Waals surface area contributed by atoms with Crippen molar-refractivity contribution < 1.29 is 14.8 Å². The van der Waals surface area contributed by atoms with E-state index in [0.29, 0.717) is 5.56 Å². The molecule has 0 bridgehead atoms. The molecule has 116 valence electrons. The first kappa shape index (κ1) is 16.4. The minimum Gasteiger partial charge on any atom is -0.384 e. The van der Waals surface area contributed by atoms with Crippen molar-refractivity contribution in [3.63, 3.8) is 0 Å². The van der Waals surface area contributed by atoms with Gasteiger partial charge >= 0.3 is 0 Å². The van der Waals surface area contributed by atoms with Crippen LogP contribution in [0.25, 0.3) is 0 Å². The third kappa shape index (κ3) is 3.62. The molecule has 0 aliphatic rings. The molecule has 1 amide bonds. The van der Waals surface area contributed by atoms with E-state index in [1.54, 1.807) is 18.4 Å². The van der Waals surface area contributed by atoms with E-state index in [2.05, 4.69) is 5.32 Å². The van der Waals surface area contributed by atoms with Gasteiger partial charge in [0, 0.05) is 11.1 Å². The molecular weight excluding hydrogens is 328 g/mol. The van der Waals surface area contributed by atoms with Crippen molar-refractivity contribution in [2.75, 3.05) is 6.54 Å². The summed E-state index contributed by atoms with van der Waals surface area (Å²) in [5.41, 5.74) is -1.07. The highest BCUT2D eigenvalue weighted by molar-refractivity contribution is 7.08. The molecule has 1 aromatic carbocycles. The Morgan fingerprint density at radius 3 is 2.82 bits per heavy atom. The summed E-state index contributed by atoms with van der Waals surface area (Å²) in [6, 6.07) is 5.50. The Balaban J connectivity index is 2.16. The number of hydrogen-bond donors (Lipinski definition) is 2. The van der Waals surface area contributed by atoms with E-state index in [1.807, 2.05) is 5.38 Å². The van der Waals surface area contributed by atoms with Gasteiger partial charge in [0.15, 0.2) is 0 Å². The minimum atomic E-state index is -1.26. The quantitative estimate of drug-likeness (QED) is 0.646. The maximum Gasteiger partial charge on any atom is 0.282 e. The van der Waals surface area contributed by atoms with E-state index in [9.17, 15) is 20.0 Å². The van der Waals surface area contributed by atoms with Gasteiger partial charge in [-0.05, 0) is 41.4 Å². The standard InChI is InChI=1S/C14H13ClN2O4S/c1-14(19,9-4-5-22-7-9)8-16-13(18)11-6-10(15)2-3-12(11)17(20)21/h2-7,19H,8H2,1H3,(H,16,18)/t14-/m1/s1. The molecule has 0 aliphatic carbocycles. The van der Waals surface area contributed by atoms with E-state index in [4.69, 9.17) is 11.6 Å². The van der Waals surface area contributed by atoms with Gasteiger partial charge in [-0.25, -0.2) is 0 Å². The number of rotatable bonds is 5. The summed E-state index contributed by atoms with van der Waals surface area (Å²) in [6.45, 7) is 1.48. The van der Waals surface area contributed by atoms with E-state index in [-0.39, 0.29) is 22.8 Å². The maximum atomic E-state index is 12.2. The van der Waals surface area contributed by atoms with Crippen molar-refractivity contribution in [2.24, 2.45) is 0 Å². The summed E-state index contributed by atoms with van der Waals surface area (Å²) >= 11 is 7.21.